The van der Waals surface area contributed by atoms with Gasteiger partial charge in [-0.1, -0.05) is 6.08 Å². The Morgan fingerprint density at radius 3 is 3.29 bits per heavy atom. The van der Waals surface area contributed by atoms with Crippen molar-refractivity contribution >= 4 is 12.1 Å². The van der Waals surface area contributed by atoms with Crippen LogP contribution in [0.1, 0.15) is 12.8 Å². The number of hydrogen-bond donors (Lipinski definition) is 1. The number of amides is 1. The van der Waals surface area contributed by atoms with Crippen LogP contribution in [0, 0.1) is 0 Å². The number of nitrogens with one attached hydrogen (secondary N) is 1. The molecule has 1 spiro atoms. The molecule has 2 aliphatic heterocycles. The van der Waals surface area contributed by atoms with Gasteiger partial charge in [-0.05, 0) is 12.5 Å². The van der Waals surface area contributed by atoms with Crippen molar-refractivity contribution in [1.29, 1.82) is 0 Å². The lowest BCUT2D eigenvalue weighted by molar-refractivity contribution is -0.135. The van der Waals surface area contributed by atoms with E-state index < -0.39 is 5.54 Å². The Balaban J connectivity index is 2.15. The van der Waals surface area contributed by atoms with Gasteiger partial charge in [-0.25, -0.2) is 4.39 Å². The van der Waals surface area contributed by atoms with Crippen LogP contribution in [0.25, 0.3) is 0 Å². The molecule has 3 aliphatic rings. The van der Waals surface area contributed by atoms with Gasteiger partial charge in [0.05, 0.1) is 6.42 Å². The summed E-state index contributed by atoms with van der Waals surface area (Å²) >= 11 is 0. The maximum atomic E-state index is 13.9. The molecule has 3 rings (SSSR count). The Morgan fingerprint density at radius 1 is 1.53 bits per heavy atom. The van der Waals surface area contributed by atoms with E-state index in [0.29, 0.717) is 25.2 Å². The maximum absolute atomic E-state index is 13.9. The van der Waals surface area contributed by atoms with E-state index in [1.165, 1.54) is 12.3 Å². The SMILES string of the molecule is O=C1CC=NC2=C(F)C=CCC23CNCCN13. The number of halogens is 1. The predicted octanol–water partition coefficient (Wildman–Crippen LogP) is 0.772. The minimum atomic E-state index is -0.610. The van der Waals surface area contributed by atoms with Crippen molar-refractivity contribution in [2.75, 3.05) is 19.6 Å². The van der Waals surface area contributed by atoms with Crippen LogP contribution in [0.4, 0.5) is 4.39 Å². The van der Waals surface area contributed by atoms with Gasteiger partial charge in [-0.15, -0.1) is 0 Å². The minimum Gasteiger partial charge on any atom is -0.328 e. The van der Waals surface area contributed by atoms with Gasteiger partial charge in [0.15, 0.2) is 0 Å². The number of aliphatic imine (C=N–C) groups is 1. The molecule has 0 saturated carbocycles. The van der Waals surface area contributed by atoms with E-state index in [1.807, 2.05) is 0 Å². The summed E-state index contributed by atoms with van der Waals surface area (Å²) in [5, 5.41) is 3.24. The Hall–Kier alpha value is -1.49. The van der Waals surface area contributed by atoms with Crippen molar-refractivity contribution in [2.45, 2.75) is 18.4 Å². The van der Waals surface area contributed by atoms with Crippen LogP contribution in [0.2, 0.25) is 0 Å². The predicted molar refractivity (Wildman–Crippen MR) is 62.3 cm³/mol. The van der Waals surface area contributed by atoms with Crippen molar-refractivity contribution < 1.29 is 9.18 Å². The van der Waals surface area contributed by atoms with E-state index in [4.69, 9.17) is 0 Å². The van der Waals surface area contributed by atoms with Gasteiger partial charge < -0.3 is 10.2 Å². The summed E-state index contributed by atoms with van der Waals surface area (Å²) in [4.78, 5) is 18.0. The number of carbonyl (C=O) groups is 1. The van der Waals surface area contributed by atoms with Gasteiger partial charge in [0, 0.05) is 25.8 Å². The van der Waals surface area contributed by atoms with E-state index in [9.17, 15) is 9.18 Å². The highest BCUT2D eigenvalue weighted by Gasteiger charge is 2.47. The molecule has 0 aromatic heterocycles. The van der Waals surface area contributed by atoms with Crippen molar-refractivity contribution in [3.63, 3.8) is 0 Å². The lowest BCUT2D eigenvalue weighted by Gasteiger charge is -2.47. The first-order valence-corrected chi connectivity index (χ1v) is 5.84. The molecule has 1 N–H and O–H groups in total. The van der Waals surface area contributed by atoms with Crippen LogP contribution >= 0.6 is 0 Å². The zero-order valence-corrected chi connectivity index (χ0v) is 9.45. The van der Waals surface area contributed by atoms with Gasteiger partial charge in [0.25, 0.3) is 0 Å². The van der Waals surface area contributed by atoms with E-state index >= 15 is 0 Å². The summed E-state index contributed by atoms with van der Waals surface area (Å²) in [6.07, 6.45) is 5.65. The first-order valence-electron chi connectivity index (χ1n) is 5.84. The molecule has 2 heterocycles. The van der Waals surface area contributed by atoms with Crippen LogP contribution in [-0.4, -0.2) is 42.2 Å². The maximum Gasteiger partial charge on any atom is 0.228 e. The fraction of sp³-hybridized carbons (Fsp3) is 0.500. The summed E-state index contributed by atoms with van der Waals surface area (Å²) in [5.74, 6) is -0.288. The van der Waals surface area contributed by atoms with Gasteiger partial charge in [0.2, 0.25) is 5.91 Å². The standard InChI is InChI=1S/C12H14FN3O/c13-9-2-1-4-12-8-14-6-7-16(12)10(17)3-5-15-11(9)12/h1-2,5,14H,3-4,6-8H2. The molecule has 90 valence electrons. The first-order chi connectivity index (χ1) is 8.24. The third-order valence-electron chi connectivity index (χ3n) is 3.62. The molecule has 4 nitrogen and oxygen atoms in total. The second kappa shape index (κ2) is 3.77. The number of rotatable bonds is 0. The van der Waals surface area contributed by atoms with Crippen LogP contribution < -0.4 is 5.32 Å². The van der Waals surface area contributed by atoms with Crippen LogP contribution in [0.3, 0.4) is 0 Å². The van der Waals surface area contributed by atoms with E-state index in [1.54, 1.807) is 11.0 Å². The molecule has 0 aromatic carbocycles. The topological polar surface area (TPSA) is 44.7 Å². The zero-order valence-electron chi connectivity index (χ0n) is 9.45. The molecule has 5 heteroatoms. The number of nitrogens with zero attached hydrogens (tertiary/aromatic N) is 2. The average molecular weight is 235 g/mol. The largest absolute Gasteiger partial charge is 0.328 e. The molecule has 0 aromatic rings. The molecule has 1 aliphatic carbocycles. The smallest absolute Gasteiger partial charge is 0.228 e. The summed E-state index contributed by atoms with van der Waals surface area (Å²) < 4.78 is 13.9. The number of hydrogen-bond acceptors (Lipinski definition) is 3. The summed E-state index contributed by atoms with van der Waals surface area (Å²) in [6, 6.07) is 0. The zero-order chi connectivity index (χ0) is 11.9. The quantitative estimate of drug-likeness (QED) is 0.674. The summed E-state index contributed by atoms with van der Waals surface area (Å²) in [5.41, 5.74) is -0.209. The Kier molecular flexibility index (Phi) is 2.36. The normalized spacial score (nSPS) is 32.3. The number of piperazine rings is 1. The highest BCUT2D eigenvalue weighted by molar-refractivity contribution is 5.92. The highest BCUT2D eigenvalue weighted by Crippen LogP contribution is 2.38. The molecule has 1 atom stereocenters. The van der Waals surface area contributed by atoms with Crippen LogP contribution in [0.5, 0.6) is 0 Å². The van der Waals surface area contributed by atoms with Crippen molar-refractivity contribution in [1.82, 2.24) is 10.2 Å². The third-order valence-corrected chi connectivity index (χ3v) is 3.62. The summed E-state index contributed by atoms with van der Waals surface area (Å²) in [6.45, 7) is 1.95. The van der Waals surface area contributed by atoms with Gasteiger partial charge in [-0.3, -0.25) is 9.79 Å². The van der Waals surface area contributed by atoms with Gasteiger partial charge >= 0.3 is 0 Å². The number of allylic oxidation sites excluding steroid dienone is 2. The summed E-state index contributed by atoms with van der Waals surface area (Å²) in [7, 11) is 0. The van der Waals surface area contributed by atoms with Gasteiger partial charge in [0.1, 0.15) is 17.1 Å². The second-order valence-electron chi connectivity index (χ2n) is 4.57. The molecular weight excluding hydrogens is 221 g/mol. The molecule has 0 radical (unpaired) electrons. The van der Waals surface area contributed by atoms with E-state index in [0.717, 1.165) is 6.54 Å². The molecule has 1 fully saturated rings. The monoisotopic (exact) mass is 235 g/mol. The Morgan fingerprint density at radius 2 is 2.41 bits per heavy atom. The highest BCUT2D eigenvalue weighted by atomic mass is 19.1. The minimum absolute atomic E-state index is 0.0355. The molecule has 0 bridgehead atoms. The van der Waals surface area contributed by atoms with Crippen LogP contribution in [-0.2, 0) is 4.79 Å². The fourth-order valence-corrected chi connectivity index (χ4v) is 2.82. The number of carbonyl (C=O) groups excluding carboxylic acids is 1. The molecule has 1 amide bonds. The van der Waals surface area contributed by atoms with Crippen molar-refractivity contribution in [3.05, 3.63) is 23.7 Å². The molecule has 17 heavy (non-hydrogen) atoms. The third kappa shape index (κ3) is 1.45. The fourth-order valence-electron chi connectivity index (χ4n) is 2.82. The van der Waals surface area contributed by atoms with Crippen molar-refractivity contribution in [2.24, 2.45) is 4.99 Å². The van der Waals surface area contributed by atoms with E-state index in [-0.39, 0.29) is 18.2 Å². The average Bonchev–Trinajstić information content (AvgIpc) is 2.47. The van der Waals surface area contributed by atoms with Crippen LogP contribution in [0.15, 0.2) is 28.7 Å². The Bertz CT molecular complexity index is 455. The lowest BCUT2D eigenvalue weighted by atomic mass is 9.83. The second-order valence-corrected chi connectivity index (χ2v) is 4.57. The first kappa shape index (κ1) is 10.7. The Labute approximate surface area is 98.9 Å². The van der Waals surface area contributed by atoms with Gasteiger partial charge in [-0.2, -0.15) is 0 Å². The molecule has 1 unspecified atom stereocenters. The van der Waals surface area contributed by atoms with Crippen molar-refractivity contribution in [3.8, 4) is 0 Å². The molecule has 1 saturated heterocycles. The lowest BCUT2D eigenvalue weighted by Crippen LogP contribution is -2.63. The van der Waals surface area contributed by atoms with E-state index in [2.05, 4.69) is 10.3 Å². The molecular formula is C12H14FN3O.